The van der Waals surface area contributed by atoms with Crippen molar-refractivity contribution in [3.63, 3.8) is 0 Å². The summed E-state index contributed by atoms with van der Waals surface area (Å²) in [6.07, 6.45) is 0.420. The van der Waals surface area contributed by atoms with Crippen LogP contribution in [0.2, 0.25) is 5.02 Å². The van der Waals surface area contributed by atoms with Crippen LogP contribution in [-0.4, -0.2) is 11.7 Å². The topological polar surface area (TPSA) is 46.2 Å². The molecule has 1 aromatic carbocycles. The number of aryl methyl sites for hydroxylation is 2. The molecular formula is C17H18ClNO2S. The summed E-state index contributed by atoms with van der Waals surface area (Å²) in [5.41, 5.74) is 1.61. The molecule has 0 unspecified atom stereocenters. The van der Waals surface area contributed by atoms with Crippen molar-refractivity contribution in [1.82, 2.24) is 5.32 Å². The van der Waals surface area contributed by atoms with Gasteiger partial charge in [0.15, 0.2) is 5.78 Å². The smallest absolute Gasteiger partial charge is 0.220 e. The third-order valence-electron chi connectivity index (χ3n) is 3.35. The van der Waals surface area contributed by atoms with Crippen molar-refractivity contribution in [2.45, 2.75) is 33.2 Å². The molecule has 1 aromatic heterocycles. The summed E-state index contributed by atoms with van der Waals surface area (Å²) in [6.45, 7) is 4.29. The highest BCUT2D eigenvalue weighted by atomic mass is 35.5. The lowest BCUT2D eigenvalue weighted by atomic mass is 10.1. The molecule has 1 N–H and O–H groups in total. The molecule has 2 aromatic rings. The van der Waals surface area contributed by atoms with Gasteiger partial charge in [0.25, 0.3) is 0 Å². The molecule has 0 saturated heterocycles. The highest BCUT2D eigenvalue weighted by Crippen LogP contribution is 2.22. The Hall–Kier alpha value is -1.65. The molecule has 22 heavy (non-hydrogen) atoms. The highest BCUT2D eigenvalue weighted by Gasteiger charge is 2.13. The van der Waals surface area contributed by atoms with E-state index in [1.165, 1.54) is 0 Å². The zero-order valence-corrected chi connectivity index (χ0v) is 14.2. The van der Waals surface area contributed by atoms with Gasteiger partial charge in [0.1, 0.15) is 0 Å². The lowest BCUT2D eigenvalue weighted by molar-refractivity contribution is -0.121. The van der Waals surface area contributed by atoms with Gasteiger partial charge in [0.05, 0.1) is 0 Å². The van der Waals surface area contributed by atoms with Crippen molar-refractivity contribution < 1.29 is 9.59 Å². The maximum absolute atomic E-state index is 12.1. The number of thiophene rings is 1. The number of amides is 1. The Morgan fingerprint density at radius 2 is 1.91 bits per heavy atom. The number of nitrogens with one attached hydrogen (secondary N) is 1. The average molecular weight is 336 g/mol. The normalized spacial score (nSPS) is 10.5. The van der Waals surface area contributed by atoms with Crippen LogP contribution in [0.3, 0.4) is 0 Å². The van der Waals surface area contributed by atoms with E-state index < -0.39 is 0 Å². The summed E-state index contributed by atoms with van der Waals surface area (Å²) in [4.78, 5) is 26.1. The van der Waals surface area contributed by atoms with Gasteiger partial charge in [-0.2, -0.15) is 0 Å². The Kier molecular flexibility index (Phi) is 5.75. The summed E-state index contributed by atoms with van der Waals surface area (Å²) in [5, 5.41) is 3.42. The summed E-state index contributed by atoms with van der Waals surface area (Å²) < 4.78 is 0. The van der Waals surface area contributed by atoms with Crippen molar-refractivity contribution in [3.8, 4) is 0 Å². The fourth-order valence-corrected chi connectivity index (χ4v) is 3.34. The van der Waals surface area contributed by atoms with E-state index in [1.807, 2.05) is 38.1 Å². The Balaban J connectivity index is 1.82. The van der Waals surface area contributed by atoms with Crippen LogP contribution in [0.15, 0.2) is 30.3 Å². The third-order valence-corrected chi connectivity index (χ3v) is 4.69. The highest BCUT2D eigenvalue weighted by molar-refractivity contribution is 7.12. The molecule has 0 spiro atoms. The summed E-state index contributed by atoms with van der Waals surface area (Å²) >= 11 is 7.64. The molecule has 1 amide bonds. The Bertz CT molecular complexity index is 694. The Morgan fingerprint density at radius 1 is 1.18 bits per heavy atom. The number of rotatable bonds is 6. The van der Waals surface area contributed by atoms with Crippen LogP contribution in [0.25, 0.3) is 0 Å². The molecule has 3 nitrogen and oxygen atoms in total. The molecule has 0 atom stereocenters. The van der Waals surface area contributed by atoms with E-state index in [1.54, 1.807) is 17.4 Å². The number of ketones is 1. The van der Waals surface area contributed by atoms with E-state index in [4.69, 9.17) is 11.6 Å². The molecule has 0 radical (unpaired) electrons. The quantitative estimate of drug-likeness (QED) is 0.800. The van der Waals surface area contributed by atoms with E-state index in [2.05, 4.69) is 5.32 Å². The molecular weight excluding hydrogens is 318 g/mol. The van der Waals surface area contributed by atoms with Gasteiger partial charge in [0.2, 0.25) is 5.91 Å². The van der Waals surface area contributed by atoms with Crippen LogP contribution < -0.4 is 5.32 Å². The second-order valence-electron chi connectivity index (χ2n) is 5.12. The third kappa shape index (κ3) is 4.42. The number of hydrogen-bond acceptors (Lipinski definition) is 3. The van der Waals surface area contributed by atoms with Crippen LogP contribution >= 0.6 is 22.9 Å². The Morgan fingerprint density at radius 3 is 2.55 bits per heavy atom. The minimum atomic E-state index is -0.141. The van der Waals surface area contributed by atoms with Gasteiger partial charge in [-0.05, 0) is 31.5 Å². The standard InChI is InChI=1S/C17H18ClNO2S/c1-11-9-14(12(2)22-11)16(20)7-8-17(21)19-10-13-5-3-4-6-15(13)18/h3-6,9H,7-8,10H2,1-2H3,(H,19,21). The van der Waals surface area contributed by atoms with Gasteiger partial charge in [-0.25, -0.2) is 0 Å². The van der Waals surface area contributed by atoms with Crippen molar-refractivity contribution in [3.05, 3.63) is 56.2 Å². The first-order valence-corrected chi connectivity index (χ1v) is 8.27. The van der Waals surface area contributed by atoms with Crippen LogP contribution in [0.5, 0.6) is 0 Å². The van der Waals surface area contributed by atoms with Crippen molar-refractivity contribution in [2.24, 2.45) is 0 Å². The second kappa shape index (κ2) is 7.56. The van der Waals surface area contributed by atoms with Gasteiger partial charge in [-0.3, -0.25) is 9.59 Å². The molecule has 0 saturated carbocycles. The number of carbonyl (C=O) groups is 2. The number of halogens is 1. The zero-order chi connectivity index (χ0) is 16.1. The van der Waals surface area contributed by atoms with Gasteiger partial charge in [-0.1, -0.05) is 29.8 Å². The number of hydrogen-bond donors (Lipinski definition) is 1. The Labute approximate surface area is 139 Å². The maximum Gasteiger partial charge on any atom is 0.220 e. The van der Waals surface area contributed by atoms with Gasteiger partial charge in [-0.15, -0.1) is 11.3 Å². The summed E-state index contributed by atoms with van der Waals surface area (Å²) in [7, 11) is 0. The van der Waals surface area contributed by atoms with E-state index >= 15 is 0 Å². The molecule has 116 valence electrons. The van der Waals surface area contributed by atoms with Crippen molar-refractivity contribution >= 4 is 34.6 Å². The maximum atomic E-state index is 12.1. The monoisotopic (exact) mass is 335 g/mol. The molecule has 0 aliphatic heterocycles. The van der Waals surface area contributed by atoms with Crippen LogP contribution in [0, 0.1) is 13.8 Å². The zero-order valence-electron chi connectivity index (χ0n) is 12.6. The van der Waals surface area contributed by atoms with E-state index in [0.717, 1.165) is 20.9 Å². The van der Waals surface area contributed by atoms with Crippen LogP contribution in [-0.2, 0) is 11.3 Å². The molecule has 0 aliphatic rings. The largest absolute Gasteiger partial charge is 0.352 e. The predicted molar refractivity (Wildman–Crippen MR) is 90.7 cm³/mol. The number of carbonyl (C=O) groups excluding carboxylic acids is 2. The molecule has 2 rings (SSSR count). The first-order valence-electron chi connectivity index (χ1n) is 7.07. The second-order valence-corrected chi connectivity index (χ2v) is 6.99. The predicted octanol–water partition coefficient (Wildman–Crippen LogP) is 4.30. The lowest BCUT2D eigenvalue weighted by Gasteiger charge is -2.06. The SMILES string of the molecule is Cc1cc(C(=O)CCC(=O)NCc2ccccc2Cl)c(C)s1. The van der Waals surface area contributed by atoms with Gasteiger partial charge < -0.3 is 5.32 Å². The van der Waals surface area contributed by atoms with E-state index in [-0.39, 0.29) is 24.5 Å². The fourth-order valence-electron chi connectivity index (χ4n) is 2.19. The minimum absolute atomic E-state index is 0.0229. The summed E-state index contributed by atoms with van der Waals surface area (Å²) in [5.74, 6) is -0.118. The molecule has 0 aliphatic carbocycles. The van der Waals surface area contributed by atoms with Crippen LogP contribution in [0.1, 0.15) is 38.5 Å². The van der Waals surface area contributed by atoms with Crippen molar-refractivity contribution in [2.75, 3.05) is 0 Å². The van der Waals surface area contributed by atoms with E-state index in [0.29, 0.717) is 11.6 Å². The number of benzene rings is 1. The molecule has 0 bridgehead atoms. The number of Topliss-reactive ketones (excluding diaryl/α,β-unsaturated/α-hetero) is 1. The average Bonchev–Trinajstić information content (AvgIpc) is 2.82. The molecule has 5 heteroatoms. The van der Waals surface area contributed by atoms with E-state index in [9.17, 15) is 9.59 Å². The molecule has 0 fully saturated rings. The molecule has 1 heterocycles. The van der Waals surface area contributed by atoms with Gasteiger partial charge in [0, 0.05) is 39.7 Å². The first-order chi connectivity index (χ1) is 10.5. The van der Waals surface area contributed by atoms with Crippen molar-refractivity contribution in [1.29, 1.82) is 0 Å². The van der Waals surface area contributed by atoms with Gasteiger partial charge >= 0.3 is 0 Å². The fraction of sp³-hybridized carbons (Fsp3) is 0.294. The van der Waals surface area contributed by atoms with Crippen LogP contribution in [0.4, 0.5) is 0 Å². The lowest BCUT2D eigenvalue weighted by Crippen LogP contribution is -2.23. The minimum Gasteiger partial charge on any atom is -0.352 e. The first kappa shape index (κ1) is 16.7. The summed E-state index contributed by atoms with van der Waals surface area (Å²) in [6, 6.07) is 9.26.